The summed E-state index contributed by atoms with van der Waals surface area (Å²) in [6, 6.07) is 0. The van der Waals surface area contributed by atoms with Gasteiger partial charge in [0.2, 0.25) is 0 Å². The van der Waals surface area contributed by atoms with Crippen molar-refractivity contribution in [2.45, 2.75) is 12.2 Å². The minimum absolute atomic E-state index is 0. The average molecular weight is 209 g/mol. The van der Waals surface area contributed by atoms with Crippen LogP contribution in [0.15, 0.2) is 34.8 Å². The predicted molar refractivity (Wildman–Crippen MR) is 56.9 cm³/mol. The van der Waals surface area contributed by atoms with Gasteiger partial charge in [-0.25, -0.2) is 0 Å². The number of halogens is 2. The molecule has 1 aliphatic heterocycles. The highest BCUT2D eigenvalue weighted by molar-refractivity contribution is 8.04. The van der Waals surface area contributed by atoms with E-state index in [1.54, 1.807) is 0 Å². The number of hydrogen-bond donors (Lipinski definition) is 0. The number of hydrogen-bond acceptors (Lipinski definition) is 1. The normalized spacial score (nSPS) is 24.6. The van der Waals surface area contributed by atoms with Crippen molar-refractivity contribution in [2.75, 3.05) is 0 Å². The van der Waals surface area contributed by atoms with Gasteiger partial charge in [0.1, 0.15) is 0 Å². The van der Waals surface area contributed by atoms with Crippen molar-refractivity contribution >= 4 is 36.6 Å². The molecule has 0 nitrogen and oxygen atoms in total. The van der Waals surface area contributed by atoms with Crippen LogP contribution in [-0.2, 0) is 0 Å². The lowest BCUT2D eigenvalue weighted by Gasteiger charge is -1.93. The number of thioether (sulfide) groups is 1. The third-order valence-electron chi connectivity index (χ3n) is 1.54. The Balaban J connectivity index is 0.000000500. The van der Waals surface area contributed by atoms with Gasteiger partial charge >= 0.3 is 0 Å². The summed E-state index contributed by atoms with van der Waals surface area (Å²) in [7, 11) is 0. The fourth-order valence-electron chi connectivity index (χ4n) is 1.15. The van der Waals surface area contributed by atoms with Gasteiger partial charge in [-0.1, -0.05) is 18.2 Å². The van der Waals surface area contributed by atoms with Crippen LogP contribution in [0, 0.1) is 0 Å². The highest BCUT2D eigenvalue weighted by Crippen LogP contribution is 2.39. The predicted octanol–water partition coefficient (Wildman–Crippen LogP) is 3.35. The molecule has 2 rings (SSSR count). The minimum atomic E-state index is 0. The molecular weight excluding hydrogens is 199 g/mol. The number of fused-ring (bicyclic) bond motifs is 1. The van der Waals surface area contributed by atoms with Crippen LogP contribution in [0.1, 0.15) is 6.92 Å². The van der Waals surface area contributed by atoms with E-state index in [-0.39, 0.29) is 24.8 Å². The molecule has 0 aromatic rings. The van der Waals surface area contributed by atoms with Gasteiger partial charge in [0.25, 0.3) is 0 Å². The molecular formula is C8H10Cl2S. The van der Waals surface area contributed by atoms with Gasteiger partial charge in [0.15, 0.2) is 0 Å². The average Bonchev–Trinajstić information content (AvgIpc) is 2.22. The van der Waals surface area contributed by atoms with E-state index < -0.39 is 0 Å². The van der Waals surface area contributed by atoms with Crippen molar-refractivity contribution in [3.8, 4) is 0 Å². The Morgan fingerprint density at radius 3 is 2.73 bits per heavy atom. The minimum Gasteiger partial charge on any atom is -0.147 e. The molecule has 0 amide bonds. The van der Waals surface area contributed by atoms with E-state index in [1.807, 2.05) is 11.8 Å². The van der Waals surface area contributed by atoms with Crippen LogP contribution in [0.2, 0.25) is 0 Å². The molecule has 0 N–H and O–H groups in total. The van der Waals surface area contributed by atoms with E-state index in [4.69, 9.17) is 0 Å². The maximum absolute atomic E-state index is 2.31. The standard InChI is InChI=1S/C8H8S.2ClH/c1-6-5-7-3-2-4-8(7)9-6;;/h2-6H,1H3;2*1H. The second-order valence-electron chi connectivity index (χ2n) is 2.34. The van der Waals surface area contributed by atoms with Crippen molar-refractivity contribution in [1.29, 1.82) is 0 Å². The lowest BCUT2D eigenvalue weighted by Crippen LogP contribution is -1.79. The molecule has 0 bridgehead atoms. The summed E-state index contributed by atoms with van der Waals surface area (Å²) in [6.07, 6.45) is 8.77. The molecule has 11 heavy (non-hydrogen) atoms. The first kappa shape index (κ1) is 11.2. The second-order valence-corrected chi connectivity index (χ2v) is 3.75. The Kier molecular flexibility index (Phi) is 4.30. The zero-order valence-electron chi connectivity index (χ0n) is 6.11. The molecule has 0 aromatic heterocycles. The number of allylic oxidation sites excluding steroid dienone is 4. The maximum atomic E-state index is 2.31. The fraction of sp³-hybridized carbons (Fsp3) is 0.250. The fourth-order valence-corrected chi connectivity index (χ4v) is 2.19. The smallest absolute Gasteiger partial charge is 0.0255 e. The van der Waals surface area contributed by atoms with Gasteiger partial charge in [-0.3, -0.25) is 0 Å². The largest absolute Gasteiger partial charge is 0.147 e. The molecule has 1 atom stereocenters. The molecule has 0 fully saturated rings. The van der Waals surface area contributed by atoms with Crippen LogP contribution >= 0.6 is 36.6 Å². The molecule has 0 saturated carbocycles. The van der Waals surface area contributed by atoms with Crippen LogP contribution in [-0.4, -0.2) is 5.25 Å². The van der Waals surface area contributed by atoms with Crippen molar-refractivity contribution in [2.24, 2.45) is 0 Å². The highest BCUT2D eigenvalue weighted by atomic mass is 35.5. The lowest BCUT2D eigenvalue weighted by molar-refractivity contribution is 1.26. The first-order valence-corrected chi connectivity index (χ1v) is 4.01. The molecule has 1 unspecified atom stereocenters. The first-order valence-electron chi connectivity index (χ1n) is 3.13. The molecule has 2 aliphatic rings. The van der Waals surface area contributed by atoms with Crippen LogP contribution in [0.5, 0.6) is 0 Å². The van der Waals surface area contributed by atoms with Crippen LogP contribution < -0.4 is 0 Å². The second kappa shape index (κ2) is 4.24. The van der Waals surface area contributed by atoms with Gasteiger partial charge < -0.3 is 0 Å². The van der Waals surface area contributed by atoms with Gasteiger partial charge in [-0.15, -0.1) is 36.6 Å². The Hall–Kier alpha value is 0.150. The SMILES string of the molecule is CC1C=C2C=CC=C2S1.Cl.Cl. The molecule has 0 aromatic carbocycles. The van der Waals surface area contributed by atoms with Crippen molar-refractivity contribution in [3.05, 3.63) is 34.8 Å². The number of rotatable bonds is 0. The summed E-state index contributed by atoms with van der Waals surface area (Å²) in [5, 5.41) is 0.691. The van der Waals surface area contributed by atoms with Crippen molar-refractivity contribution in [3.63, 3.8) is 0 Å². The Morgan fingerprint density at radius 2 is 2.09 bits per heavy atom. The van der Waals surface area contributed by atoms with Crippen molar-refractivity contribution < 1.29 is 0 Å². The van der Waals surface area contributed by atoms with Crippen LogP contribution in [0.4, 0.5) is 0 Å². The maximum Gasteiger partial charge on any atom is 0.0255 e. The Bertz CT molecular complexity index is 228. The van der Waals surface area contributed by atoms with E-state index in [9.17, 15) is 0 Å². The van der Waals surface area contributed by atoms with Crippen LogP contribution in [0.25, 0.3) is 0 Å². The topological polar surface area (TPSA) is 0 Å². The van der Waals surface area contributed by atoms with Crippen LogP contribution in [0.3, 0.4) is 0 Å². The van der Waals surface area contributed by atoms with E-state index in [0.717, 1.165) is 0 Å². The third-order valence-corrected chi connectivity index (χ3v) is 2.67. The molecule has 0 radical (unpaired) electrons. The van der Waals surface area contributed by atoms with Gasteiger partial charge in [0.05, 0.1) is 0 Å². The Labute approximate surface area is 83.6 Å². The molecule has 0 saturated heterocycles. The third kappa shape index (κ3) is 2.05. The van der Waals surface area contributed by atoms with E-state index in [0.29, 0.717) is 5.25 Å². The summed E-state index contributed by atoms with van der Waals surface area (Å²) in [5.41, 5.74) is 1.42. The summed E-state index contributed by atoms with van der Waals surface area (Å²) < 4.78 is 0. The first-order chi connectivity index (χ1) is 4.36. The molecule has 0 spiro atoms. The monoisotopic (exact) mass is 208 g/mol. The Morgan fingerprint density at radius 1 is 1.36 bits per heavy atom. The summed E-state index contributed by atoms with van der Waals surface area (Å²) >= 11 is 1.94. The zero-order valence-corrected chi connectivity index (χ0v) is 8.56. The summed E-state index contributed by atoms with van der Waals surface area (Å²) in [6.45, 7) is 2.23. The lowest BCUT2D eigenvalue weighted by atomic mass is 10.2. The van der Waals surface area contributed by atoms with E-state index >= 15 is 0 Å². The van der Waals surface area contributed by atoms with Gasteiger partial charge in [-0.2, -0.15) is 0 Å². The van der Waals surface area contributed by atoms with Gasteiger partial charge in [-0.05, 0) is 18.6 Å². The van der Waals surface area contributed by atoms with Gasteiger partial charge in [0, 0.05) is 10.2 Å². The highest BCUT2D eigenvalue weighted by Gasteiger charge is 2.17. The molecule has 1 aliphatic carbocycles. The quantitative estimate of drug-likeness (QED) is 0.589. The molecule has 3 heteroatoms. The van der Waals surface area contributed by atoms with E-state index in [1.165, 1.54) is 10.5 Å². The zero-order chi connectivity index (χ0) is 6.27. The van der Waals surface area contributed by atoms with Crippen molar-refractivity contribution in [1.82, 2.24) is 0 Å². The van der Waals surface area contributed by atoms with E-state index in [2.05, 4.69) is 31.2 Å². The molecule has 62 valence electrons. The molecule has 1 heterocycles. The summed E-state index contributed by atoms with van der Waals surface area (Å²) in [5.74, 6) is 0. The summed E-state index contributed by atoms with van der Waals surface area (Å²) in [4.78, 5) is 1.45.